The minimum absolute atomic E-state index is 0.00609. The normalized spacial score (nSPS) is 16.9. The Morgan fingerprint density at radius 1 is 1.29 bits per heavy atom. The fraction of sp³-hybridized carbons (Fsp3) is 0.235. The smallest absolute Gasteiger partial charge is 0.250 e. The van der Waals surface area contributed by atoms with Crippen molar-refractivity contribution in [3.8, 4) is 10.7 Å². The maximum Gasteiger partial charge on any atom is 0.250 e. The molecule has 0 saturated heterocycles. The summed E-state index contributed by atoms with van der Waals surface area (Å²) in [6.45, 7) is 2.12. The number of carbonyl (C=O) groups excluding carboxylic acids is 1. The average molecular weight is 360 g/mol. The number of amides is 1. The molecule has 2 aromatic heterocycles. The lowest BCUT2D eigenvalue weighted by molar-refractivity contribution is -0.133. The van der Waals surface area contributed by atoms with Gasteiger partial charge in [-0.1, -0.05) is 41.0 Å². The zero-order valence-corrected chi connectivity index (χ0v) is 14.5. The predicted molar refractivity (Wildman–Crippen MR) is 91.7 cm³/mol. The lowest BCUT2D eigenvalue weighted by Gasteiger charge is -2.34. The Morgan fingerprint density at radius 2 is 2.08 bits per heavy atom. The van der Waals surface area contributed by atoms with Crippen molar-refractivity contribution in [2.75, 3.05) is 0 Å². The Balaban J connectivity index is 1.69. The second-order valence-electron chi connectivity index (χ2n) is 5.70. The van der Waals surface area contributed by atoms with E-state index in [2.05, 4.69) is 16.2 Å². The Kier molecular flexibility index (Phi) is 3.86. The van der Waals surface area contributed by atoms with Crippen molar-refractivity contribution in [2.24, 2.45) is 0 Å². The summed E-state index contributed by atoms with van der Waals surface area (Å²) in [5, 5.41) is 4.05. The van der Waals surface area contributed by atoms with Crippen molar-refractivity contribution >= 4 is 28.8 Å². The van der Waals surface area contributed by atoms with E-state index in [1.165, 1.54) is 16.9 Å². The lowest BCUT2D eigenvalue weighted by Crippen LogP contribution is -2.37. The highest BCUT2D eigenvalue weighted by Gasteiger charge is 2.33. The Bertz CT molecular complexity index is 905. The van der Waals surface area contributed by atoms with Gasteiger partial charge in [0.15, 0.2) is 0 Å². The van der Waals surface area contributed by atoms with Crippen LogP contribution in [0.3, 0.4) is 0 Å². The summed E-state index contributed by atoms with van der Waals surface area (Å²) >= 11 is 7.36. The van der Waals surface area contributed by atoms with Crippen molar-refractivity contribution in [1.82, 2.24) is 15.0 Å². The van der Waals surface area contributed by atoms with Gasteiger partial charge in [0.2, 0.25) is 17.6 Å². The van der Waals surface area contributed by atoms with E-state index in [9.17, 15) is 4.79 Å². The number of nitrogens with zero attached hydrogens (tertiary/aromatic N) is 3. The van der Waals surface area contributed by atoms with Crippen LogP contribution in [0.15, 0.2) is 40.9 Å². The molecule has 0 saturated carbocycles. The van der Waals surface area contributed by atoms with E-state index < -0.39 is 0 Å². The van der Waals surface area contributed by atoms with Gasteiger partial charge in [0, 0.05) is 19.9 Å². The van der Waals surface area contributed by atoms with Crippen LogP contribution in [0.2, 0.25) is 4.34 Å². The summed E-state index contributed by atoms with van der Waals surface area (Å²) in [4.78, 5) is 19.2. The monoisotopic (exact) mass is 359 g/mol. The molecule has 1 atom stereocenters. The van der Waals surface area contributed by atoms with E-state index in [0.29, 0.717) is 29.0 Å². The maximum atomic E-state index is 12.1. The molecule has 1 aromatic carbocycles. The zero-order chi connectivity index (χ0) is 16.7. The van der Waals surface area contributed by atoms with E-state index >= 15 is 0 Å². The number of carbonyl (C=O) groups is 1. The molecule has 24 heavy (non-hydrogen) atoms. The van der Waals surface area contributed by atoms with Crippen LogP contribution in [-0.2, 0) is 17.8 Å². The molecule has 1 unspecified atom stereocenters. The summed E-state index contributed by atoms with van der Waals surface area (Å²) in [7, 11) is 0. The number of rotatable bonds is 2. The van der Waals surface area contributed by atoms with Crippen LogP contribution in [0.5, 0.6) is 0 Å². The van der Waals surface area contributed by atoms with Gasteiger partial charge in [0.1, 0.15) is 6.04 Å². The standard InChI is InChI=1S/C17H14ClN3O2S/c1-10(22)21-9-12-5-3-2-4-11(12)8-13(21)17-19-16(20-23-17)14-6-7-15(18)24-14/h2-7,13H,8-9H2,1H3. The quantitative estimate of drug-likeness (QED) is 0.691. The van der Waals surface area contributed by atoms with Crippen LogP contribution >= 0.6 is 22.9 Å². The molecule has 0 aliphatic carbocycles. The summed E-state index contributed by atoms with van der Waals surface area (Å²) in [6.07, 6.45) is 0.669. The van der Waals surface area contributed by atoms with E-state index in [1.807, 2.05) is 24.3 Å². The molecule has 122 valence electrons. The molecule has 3 aromatic rings. The molecule has 1 aliphatic heterocycles. The van der Waals surface area contributed by atoms with E-state index in [-0.39, 0.29) is 11.9 Å². The molecule has 7 heteroatoms. The van der Waals surface area contributed by atoms with Crippen molar-refractivity contribution in [3.63, 3.8) is 0 Å². The average Bonchev–Trinajstić information content (AvgIpc) is 3.22. The fourth-order valence-corrected chi connectivity index (χ4v) is 3.95. The molecule has 1 amide bonds. The number of aromatic nitrogens is 2. The molecule has 0 fully saturated rings. The summed E-state index contributed by atoms with van der Waals surface area (Å²) < 4.78 is 6.15. The molecule has 0 spiro atoms. The first-order valence-electron chi connectivity index (χ1n) is 7.55. The van der Waals surface area contributed by atoms with Crippen LogP contribution in [-0.4, -0.2) is 20.9 Å². The van der Waals surface area contributed by atoms with Crippen molar-refractivity contribution in [3.05, 3.63) is 57.8 Å². The van der Waals surface area contributed by atoms with Crippen molar-refractivity contribution in [1.29, 1.82) is 0 Å². The topological polar surface area (TPSA) is 59.2 Å². The zero-order valence-electron chi connectivity index (χ0n) is 12.9. The largest absolute Gasteiger partial charge is 0.337 e. The summed E-state index contributed by atoms with van der Waals surface area (Å²) in [6, 6.07) is 11.5. The minimum Gasteiger partial charge on any atom is -0.337 e. The van der Waals surface area contributed by atoms with Crippen molar-refractivity contribution in [2.45, 2.75) is 25.9 Å². The highest BCUT2D eigenvalue weighted by molar-refractivity contribution is 7.19. The fourth-order valence-electron chi connectivity index (χ4n) is 2.98. The molecule has 0 radical (unpaired) electrons. The number of hydrogen-bond acceptors (Lipinski definition) is 5. The van der Waals surface area contributed by atoms with Gasteiger partial charge < -0.3 is 9.42 Å². The lowest BCUT2D eigenvalue weighted by atomic mass is 9.94. The van der Waals surface area contributed by atoms with Crippen LogP contribution in [0, 0.1) is 0 Å². The first-order chi connectivity index (χ1) is 11.6. The first kappa shape index (κ1) is 15.4. The van der Waals surface area contributed by atoms with Crippen LogP contribution in [0.4, 0.5) is 0 Å². The van der Waals surface area contributed by atoms with Gasteiger partial charge in [0.05, 0.1) is 9.21 Å². The third-order valence-electron chi connectivity index (χ3n) is 4.17. The molecule has 3 heterocycles. The highest BCUT2D eigenvalue weighted by Crippen LogP contribution is 2.34. The second-order valence-corrected chi connectivity index (χ2v) is 7.41. The van der Waals surface area contributed by atoms with Crippen LogP contribution in [0.1, 0.15) is 30.0 Å². The van der Waals surface area contributed by atoms with Crippen LogP contribution < -0.4 is 0 Å². The second kappa shape index (κ2) is 6.03. The van der Waals surface area contributed by atoms with E-state index in [1.54, 1.807) is 17.9 Å². The number of fused-ring (bicyclic) bond motifs is 1. The summed E-state index contributed by atoms with van der Waals surface area (Å²) in [5.41, 5.74) is 2.37. The predicted octanol–water partition coefficient (Wildman–Crippen LogP) is 4.10. The van der Waals surface area contributed by atoms with Gasteiger partial charge in [0.25, 0.3) is 0 Å². The summed E-state index contributed by atoms with van der Waals surface area (Å²) in [5.74, 6) is 0.955. The Morgan fingerprint density at radius 3 is 2.79 bits per heavy atom. The molecule has 0 bridgehead atoms. The van der Waals surface area contributed by atoms with Gasteiger partial charge in [-0.3, -0.25) is 4.79 Å². The Hall–Kier alpha value is -2.18. The third kappa shape index (κ3) is 2.72. The van der Waals surface area contributed by atoms with Crippen molar-refractivity contribution < 1.29 is 9.32 Å². The molecule has 5 nitrogen and oxygen atoms in total. The van der Waals surface area contributed by atoms with Gasteiger partial charge >= 0.3 is 0 Å². The number of halogens is 1. The molecular formula is C17H14ClN3O2S. The van der Waals surface area contributed by atoms with Gasteiger partial charge in [-0.15, -0.1) is 11.3 Å². The first-order valence-corrected chi connectivity index (χ1v) is 8.74. The maximum absolute atomic E-state index is 12.1. The van der Waals surface area contributed by atoms with Gasteiger partial charge in [-0.05, 0) is 23.3 Å². The number of hydrogen-bond donors (Lipinski definition) is 0. The molecular weight excluding hydrogens is 346 g/mol. The molecule has 4 rings (SSSR count). The Labute approximate surface area is 147 Å². The van der Waals surface area contributed by atoms with Gasteiger partial charge in [-0.2, -0.15) is 4.98 Å². The van der Waals surface area contributed by atoms with E-state index in [0.717, 1.165) is 10.4 Å². The van der Waals surface area contributed by atoms with E-state index in [4.69, 9.17) is 16.1 Å². The third-order valence-corrected chi connectivity index (χ3v) is 5.40. The number of thiophene rings is 1. The highest BCUT2D eigenvalue weighted by atomic mass is 35.5. The minimum atomic E-state index is -0.242. The van der Waals surface area contributed by atoms with Crippen LogP contribution in [0.25, 0.3) is 10.7 Å². The van der Waals surface area contributed by atoms with Gasteiger partial charge in [-0.25, -0.2) is 0 Å². The number of benzene rings is 1. The molecule has 1 aliphatic rings. The SMILES string of the molecule is CC(=O)N1Cc2ccccc2CC1c1nc(-c2ccc(Cl)s2)no1. The molecule has 0 N–H and O–H groups in total.